The van der Waals surface area contributed by atoms with Gasteiger partial charge < -0.3 is 5.11 Å². The fraction of sp³-hybridized carbons (Fsp3) is 1.00. The van der Waals surface area contributed by atoms with Crippen molar-refractivity contribution in [2.24, 2.45) is 5.92 Å². The van der Waals surface area contributed by atoms with E-state index in [4.69, 9.17) is 0 Å². The molecule has 0 bridgehead atoms. The van der Waals surface area contributed by atoms with Crippen molar-refractivity contribution >= 4 is 11.8 Å². The van der Waals surface area contributed by atoms with Crippen LogP contribution in [0.1, 0.15) is 45.4 Å². The van der Waals surface area contributed by atoms with Gasteiger partial charge in [0.1, 0.15) is 0 Å². The first kappa shape index (κ1) is 9.85. The van der Waals surface area contributed by atoms with Crippen molar-refractivity contribution in [2.45, 2.75) is 56.3 Å². The van der Waals surface area contributed by atoms with E-state index in [1.165, 1.54) is 37.9 Å². The van der Waals surface area contributed by atoms with E-state index in [9.17, 15) is 5.11 Å². The van der Waals surface area contributed by atoms with E-state index in [0.717, 1.165) is 12.3 Å². The van der Waals surface area contributed by atoms with Crippen LogP contribution in [0.15, 0.2) is 0 Å². The van der Waals surface area contributed by atoms with E-state index in [1.807, 2.05) is 11.8 Å². The maximum atomic E-state index is 10.1. The molecule has 0 aromatic rings. The Hall–Kier alpha value is 0.310. The average Bonchev–Trinajstić information content (AvgIpc) is 2.45. The molecule has 2 aliphatic rings. The van der Waals surface area contributed by atoms with Crippen molar-refractivity contribution in [3.63, 3.8) is 0 Å². The minimum absolute atomic E-state index is 0.0506. The summed E-state index contributed by atoms with van der Waals surface area (Å²) >= 11 is 1.98. The normalized spacial score (nSPS) is 37.4. The van der Waals surface area contributed by atoms with Crippen LogP contribution >= 0.6 is 11.8 Å². The molecule has 1 saturated heterocycles. The minimum Gasteiger partial charge on any atom is -0.392 e. The third kappa shape index (κ3) is 2.04. The summed E-state index contributed by atoms with van der Waals surface area (Å²) in [5.74, 6) is 2.09. The highest BCUT2D eigenvalue weighted by Gasteiger charge is 2.38. The van der Waals surface area contributed by atoms with E-state index in [2.05, 4.69) is 6.92 Å². The zero-order valence-corrected chi connectivity index (χ0v) is 9.28. The van der Waals surface area contributed by atoms with Crippen molar-refractivity contribution < 1.29 is 5.11 Å². The second-order valence-electron chi connectivity index (χ2n) is 4.81. The van der Waals surface area contributed by atoms with Crippen molar-refractivity contribution in [1.82, 2.24) is 0 Å². The Labute approximate surface area is 85.3 Å². The van der Waals surface area contributed by atoms with Gasteiger partial charge in [-0.1, -0.05) is 19.3 Å². The summed E-state index contributed by atoms with van der Waals surface area (Å²) in [7, 11) is 0. The maximum Gasteiger partial charge on any atom is 0.0686 e. The van der Waals surface area contributed by atoms with E-state index in [-0.39, 0.29) is 10.9 Å². The molecule has 2 unspecified atom stereocenters. The topological polar surface area (TPSA) is 20.2 Å². The lowest BCUT2D eigenvalue weighted by Gasteiger charge is -2.35. The highest BCUT2D eigenvalue weighted by molar-refractivity contribution is 8.00. The molecule has 0 radical (unpaired) electrons. The molecule has 0 aromatic carbocycles. The molecule has 1 N–H and O–H groups in total. The zero-order valence-electron chi connectivity index (χ0n) is 8.46. The van der Waals surface area contributed by atoms with Crippen molar-refractivity contribution in [1.29, 1.82) is 0 Å². The third-order valence-corrected chi connectivity index (χ3v) is 5.36. The molecule has 1 heterocycles. The van der Waals surface area contributed by atoms with Crippen molar-refractivity contribution in [3.8, 4) is 0 Å². The quantitative estimate of drug-likeness (QED) is 0.756. The molecule has 0 spiro atoms. The Morgan fingerprint density at radius 2 is 2.23 bits per heavy atom. The van der Waals surface area contributed by atoms with Gasteiger partial charge in [0.05, 0.1) is 6.10 Å². The van der Waals surface area contributed by atoms with Gasteiger partial charge in [-0.3, -0.25) is 0 Å². The van der Waals surface area contributed by atoms with Gasteiger partial charge in [-0.15, -0.1) is 0 Å². The van der Waals surface area contributed by atoms with E-state index in [1.54, 1.807) is 0 Å². The van der Waals surface area contributed by atoms with Gasteiger partial charge in [-0.05, 0) is 37.9 Å². The second kappa shape index (κ2) is 3.82. The lowest BCUT2D eigenvalue weighted by Crippen LogP contribution is -2.36. The summed E-state index contributed by atoms with van der Waals surface area (Å²) in [6.07, 6.45) is 7.62. The van der Waals surface area contributed by atoms with Crippen LogP contribution in [0.3, 0.4) is 0 Å². The highest BCUT2D eigenvalue weighted by Crippen LogP contribution is 2.44. The molecule has 2 rings (SSSR count). The Kier molecular flexibility index (Phi) is 2.89. The van der Waals surface area contributed by atoms with Crippen molar-refractivity contribution in [3.05, 3.63) is 0 Å². The molecule has 1 aliphatic heterocycles. The molecule has 13 heavy (non-hydrogen) atoms. The standard InChI is InChI=1S/C11H20OS/c1-11(6-3-7-13-11)10(12)8-9-4-2-5-9/h9-10,12H,2-8H2,1H3. The van der Waals surface area contributed by atoms with Crippen molar-refractivity contribution in [2.75, 3.05) is 5.75 Å². The monoisotopic (exact) mass is 200 g/mol. The number of rotatable bonds is 3. The average molecular weight is 200 g/mol. The first-order valence-corrected chi connectivity index (χ1v) is 6.51. The summed E-state index contributed by atoms with van der Waals surface area (Å²) in [5.41, 5.74) is 0. The largest absolute Gasteiger partial charge is 0.392 e. The Morgan fingerprint density at radius 1 is 1.46 bits per heavy atom. The summed E-state index contributed by atoms with van der Waals surface area (Å²) < 4.78 is 0.190. The van der Waals surface area contributed by atoms with Crippen LogP contribution in [0.2, 0.25) is 0 Å². The Balaban J connectivity index is 1.83. The van der Waals surface area contributed by atoms with Gasteiger partial charge in [0.15, 0.2) is 0 Å². The molecule has 2 heteroatoms. The van der Waals surface area contributed by atoms with Crippen LogP contribution in [-0.2, 0) is 0 Å². The molecule has 1 saturated carbocycles. The van der Waals surface area contributed by atoms with Gasteiger partial charge in [0.2, 0.25) is 0 Å². The smallest absolute Gasteiger partial charge is 0.0686 e. The van der Waals surface area contributed by atoms with E-state index < -0.39 is 0 Å². The van der Waals surface area contributed by atoms with Gasteiger partial charge >= 0.3 is 0 Å². The lowest BCUT2D eigenvalue weighted by molar-refractivity contribution is 0.0861. The van der Waals surface area contributed by atoms with Crippen LogP contribution in [-0.4, -0.2) is 21.7 Å². The molecule has 1 aliphatic carbocycles. The molecule has 0 aromatic heterocycles. The fourth-order valence-corrected chi connectivity index (χ4v) is 3.69. The Bertz CT molecular complexity index is 171. The van der Waals surface area contributed by atoms with Gasteiger partial charge in [0.25, 0.3) is 0 Å². The van der Waals surface area contributed by atoms with Gasteiger partial charge in [-0.2, -0.15) is 11.8 Å². The van der Waals surface area contributed by atoms with Crippen LogP contribution in [0.4, 0.5) is 0 Å². The Morgan fingerprint density at radius 3 is 2.69 bits per heavy atom. The maximum absolute atomic E-state index is 10.1. The molecule has 1 nitrogen and oxygen atoms in total. The summed E-state index contributed by atoms with van der Waals surface area (Å²) in [5, 5.41) is 10.1. The third-order valence-electron chi connectivity index (χ3n) is 3.74. The molecule has 76 valence electrons. The lowest BCUT2D eigenvalue weighted by atomic mass is 9.79. The summed E-state index contributed by atoms with van der Waals surface area (Å²) in [6.45, 7) is 2.24. The second-order valence-corrected chi connectivity index (χ2v) is 6.44. The fourth-order valence-electron chi connectivity index (χ4n) is 2.36. The van der Waals surface area contributed by atoms with Gasteiger partial charge in [0, 0.05) is 4.75 Å². The predicted octanol–water partition coefficient (Wildman–Crippen LogP) is 2.82. The minimum atomic E-state index is -0.0506. The number of hydrogen-bond acceptors (Lipinski definition) is 2. The molecule has 2 fully saturated rings. The molecule has 0 amide bonds. The van der Waals surface area contributed by atoms with Crippen LogP contribution in [0.5, 0.6) is 0 Å². The van der Waals surface area contributed by atoms with Crippen LogP contribution < -0.4 is 0 Å². The highest BCUT2D eigenvalue weighted by atomic mass is 32.2. The van der Waals surface area contributed by atoms with E-state index in [0.29, 0.717) is 0 Å². The summed E-state index contributed by atoms with van der Waals surface area (Å²) in [6, 6.07) is 0. The number of thioether (sulfide) groups is 1. The van der Waals surface area contributed by atoms with E-state index >= 15 is 0 Å². The van der Waals surface area contributed by atoms with Gasteiger partial charge in [-0.25, -0.2) is 0 Å². The number of aliphatic hydroxyl groups excluding tert-OH is 1. The van der Waals surface area contributed by atoms with Crippen LogP contribution in [0, 0.1) is 5.92 Å². The SMILES string of the molecule is CC1(C(O)CC2CCC2)CCCS1. The first-order chi connectivity index (χ1) is 6.21. The van der Waals surface area contributed by atoms with Crippen LogP contribution in [0.25, 0.3) is 0 Å². The molecular weight excluding hydrogens is 180 g/mol. The molecule has 2 atom stereocenters. The zero-order chi connectivity index (χ0) is 9.31. The first-order valence-electron chi connectivity index (χ1n) is 5.53. The number of aliphatic hydroxyl groups is 1. The number of hydrogen-bond donors (Lipinski definition) is 1. The summed E-state index contributed by atoms with van der Waals surface area (Å²) in [4.78, 5) is 0. The molecular formula is C11H20OS. The predicted molar refractivity (Wildman–Crippen MR) is 58.1 cm³/mol.